The predicted octanol–water partition coefficient (Wildman–Crippen LogP) is 3.88. The van der Waals surface area contributed by atoms with E-state index in [1.807, 2.05) is 23.7 Å². The van der Waals surface area contributed by atoms with E-state index in [1.165, 1.54) is 10.4 Å². The zero-order valence-corrected chi connectivity index (χ0v) is 9.52. The molecular formula is C10H8BrNS. The van der Waals surface area contributed by atoms with Crippen LogP contribution in [0.1, 0.15) is 4.88 Å². The summed E-state index contributed by atoms with van der Waals surface area (Å²) in [5.41, 5.74) is 4.13. The first-order valence-electron chi connectivity index (χ1n) is 3.94. The molecule has 3 heteroatoms. The zero-order chi connectivity index (χ0) is 9.26. The third-order valence-electron chi connectivity index (χ3n) is 1.87. The molecule has 1 nitrogen and oxygen atoms in total. The molecule has 0 unspecified atom stereocenters. The van der Waals surface area contributed by atoms with E-state index in [4.69, 9.17) is 0 Å². The number of rotatable bonds is 1. The van der Waals surface area contributed by atoms with Crippen molar-refractivity contribution in [3.05, 3.63) is 39.1 Å². The maximum Gasteiger partial charge on any atom is 0.0851 e. The molecule has 0 amide bonds. The van der Waals surface area contributed by atoms with E-state index >= 15 is 0 Å². The Kier molecular flexibility index (Phi) is 2.47. The van der Waals surface area contributed by atoms with Gasteiger partial charge in [0, 0.05) is 14.9 Å². The van der Waals surface area contributed by atoms with Crippen molar-refractivity contribution in [1.29, 1.82) is 0 Å². The molecule has 1 aromatic carbocycles. The average molecular weight is 254 g/mol. The molecule has 13 heavy (non-hydrogen) atoms. The average Bonchev–Trinajstić information content (AvgIpc) is 2.52. The lowest BCUT2D eigenvalue weighted by Gasteiger charge is -2.00. The summed E-state index contributed by atoms with van der Waals surface area (Å²) >= 11 is 5.19. The molecule has 0 aliphatic carbocycles. The molecule has 0 saturated carbocycles. The van der Waals surface area contributed by atoms with Gasteiger partial charge in [-0.2, -0.15) is 0 Å². The number of aryl methyl sites for hydroxylation is 1. The fourth-order valence-corrected chi connectivity index (χ4v) is 2.28. The van der Waals surface area contributed by atoms with Crippen LogP contribution in [0.3, 0.4) is 0 Å². The summed E-state index contributed by atoms with van der Waals surface area (Å²) in [5.74, 6) is 0. The summed E-state index contributed by atoms with van der Waals surface area (Å²) in [5, 5.41) is 0. The first-order chi connectivity index (χ1) is 6.29. The Bertz CT molecular complexity index is 422. The van der Waals surface area contributed by atoms with Gasteiger partial charge in [0.25, 0.3) is 0 Å². The molecule has 0 radical (unpaired) electrons. The van der Waals surface area contributed by atoms with Crippen LogP contribution in [0.25, 0.3) is 11.3 Å². The molecule has 1 heterocycles. The van der Waals surface area contributed by atoms with Gasteiger partial charge in [0.05, 0.1) is 11.2 Å². The quantitative estimate of drug-likeness (QED) is 0.752. The zero-order valence-electron chi connectivity index (χ0n) is 7.12. The highest BCUT2D eigenvalue weighted by Crippen LogP contribution is 2.30. The summed E-state index contributed by atoms with van der Waals surface area (Å²) in [6.45, 7) is 2.09. The lowest BCUT2D eigenvalue weighted by atomic mass is 10.1. The molecule has 2 rings (SSSR count). The SMILES string of the molecule is Cc1scnc1-c1ccccc1Br. The summed E-state index contributed by atoms with van der Waals surface area (Å²) < 4.78 is 1.10. The molecule has 0 fully saturated rings. The summed E-state index contributed by atoms with van der Waals surface area (Å²) in [6.07, 6.45) is 0. The summed E-state index contributed by atoms with van der Waals surface area (Å²) in [7, 11) is 0. The third kappa shape index (κ3) is 1.67. The molecule has 0 saturated heterocycles. The van der Waals surface area contributed by atoms with Crippen molar-refractivity contribution in [2.24, 2.45) is 0 Å². The first-order valence-corrected chi connectivity index (χ1v) is 5.61. The van der Waals surface area contributed by atoms with Gasteiger partial charge in [-0.05, 0) is 13.0 Å². The molecule has 0 N–H and O–H groups in total. The topological polar surface area (TPSA) is 12.9 Å². The number of thiazole rings is 1. The fourth-order valence-electron chi connectivity index (χ4n) is 1.22. The summed E-state index contributed by atoms with van der Waals surface area (Å²) in [4.78, 5) is 5.59. The van der Waals surface area contributed by atoms with Crippen molar-refractivity contribution in [2.75, 3.05) is 0 Å². The molecule has 0 spiro atoms. The Balaban J connectivity index is 2.59. The van der Waals surface area contributed by atoms with Crippen molar-refractivity contribution >= 4 is 27.3 Å². The van der Waals surface area contributed by atoms with Crippen LogP contribution in [-0.2, 0) is 0 Å². The molecule has 0 aliphatic heterocycles. The standard InChI is InChI=1S/C10H8BrNS/c1-7-10(12-6-13-7)8-4-2-3-5-9(8)11/h2-6H,1H3. The number of nitrogens with zero attached hydrogens (tertiary/aromatic N) is 1. The minimum absolute atomic E-state index is 1.08. The van der Waals surface area contributed by atoms with Crippen molar-refractivity contribution in [2.45, 2.75) is 6.92 Å². The molecule has 66 valence electrons. The van der Waals surface area contributed by atoms with Gasteiger partial charge < -0.3 is 0 Å². The van der Waals surface area contributed by atoms with Crippen molar-refractivity contribution in [3.8, 4) is 11.3 Å². The number of aromatic nitrogens is 1. The van der Waals surface area contributed by atoms with Crippen molar-refractivity contribution in [1.82, 2.24) is 4.98 Å². The number of benzene rings is 1. The van der Waals surface area contributed by atoms with Crippen molar-refractivity contribution < 1.29 is 0 Å². The van der Waals surface area contributed by atoms with Gasteiger partial charge in [0.2, 0.25) is 0 Å². The monoisotopic (exact) mass is 253 g/mol. The van der Waals surface area contributed by atoms with Crippen LogP contribution in [0.15, 0.2) is 34.2 Å². The van der Waals surface area contributed by atoms with Crippen LogP contribution in [0.2, 0.25) is 0 Å². The predicted molar refractivity (Wildman–Crippen MR) is 60.0 cm³/mol. The number of hydrogen-bond acceptors (Lipinski definition) is 2. The molecule has 2 aromatic rings. The van der Waals surface area contributed by atoms with Gasteiger partial charge in [-0.15, -0.1) is 11.3 Å². The lowest BCUT2D eigenvalue weighted by Crippen LogP contribution is -1.80. The first kappa shape index (κ1) is 8.91. The van der Waals surface area contributed by atoms with E-state index in [-0.39, 0.29) is 0 Å². The van der Waals surface area contributed by atoms with Crippen LogP contribution in [0.5, 0.6) is 0 Å². The minimum Gasteiger partial charge on any atom is -0.244 e. The van der Waals surface area contributed by atoms with Gasteiger partial charge >= 0.3 is 0 Å². The van der Waals surface area contributed by atoms with E-state index in [9.17, 15) is 0 Å². The fraction of sp³-hybridized carbons (Fsp3) is 0.100. The Hall–Kier alpha value is -0.670. The van der Waals surface area contributed by atoms with Gasteiger partial charge in [0.15, 0.2) is 0 Å². The van der Waals surface area contributed by atoms with E-state index in [2.05, 4.69) is 33.9 Å². The van der Waals surface area contributed by atoms with Crippen LogP contribution in [-0.4, -0.2) is 4.98 Å². The van der Waals surface area contributed by atoms with Crippen LogP contribution < -0.4 is 0 Å². The Morgan fingerprint density at radius 3 is 2.69 bits per heavy atom. The highest BCUT2D eigenvalue weighted by molar-refractivity contribution is 9.10. The number of halogens is 1. The van der Waals surface area contributed by atoms with Crippen molar-refractivity contribution in [3.63, 3.8) is 0 Å². The molecular weight excluding hydrogens is 246 g/mol. The number of hydrogen-bond donors (Lipinski definition) is 0. The maximum absolute atomic E-state index is 4.34. The Morgan fingerprint density at radius 2 is 2.08 bits per heavy atom. The second-order valence-electron chi connectivity index (χ2n) is 2.74. The Labute approximate surface area is 89.6 Å². The van der Waals surface area contributed by atoms with Crippen LogP contribution in [0, 0.1) is 6.92 Å². The van der Waals surface area contributed by atoms with E-state index in [0.29, 0.717) is 0 Å². The highest BCUT2D eigenvalue weighted by Gasteiger charge is 2.06. The minimum atomic E-state index is 1.08. The van der Waals surface area contributed by atoms with Crippen LogP contribution >= 0.6 is 27.3 Å². The van der Waals surface area contributed by atoms with Gasteiger partial charge in [-0.1, -0.05) is 34.1 Å². The van der Waals surface area contributed by atoms with E-state index in [0.717, 1.165) is 10.2 Å². The molecule has 1 aromatic heterocycles. The maximum atomic E-state index is 4.34. The second-order valence-corrected chi connectivity index (χ2v) is 4.65. The molecule has 0 bridgehead atoms. The van der Waals surface area contributed by atoms with E-state index in [1.54, 1.807) is 11.3 Å². The van der Waals surface area contributed by atoms with Crippen LogP contribution in [0.4, 0.5) is 0 Å². The van der Waals surface area contributed by atoms with Gasteiger partial charge in [0.1, 0.15) is 0 Å². The van der Waals surface area contributed by atoms with E-state index < -0.39 is 0 Å². The second kappa shape index (κ2) is 3.60. The molecule has 0 atom stereocenters. The largest absolute Gasteiger partial charge is 0.244 e. The third-order valence-corrected chi connectivity index (χ3v) is 3.32. The Morgan fingerprint density at radius 1 is 1.31 bits per heavy atom. The summed E-state index contributed by atoms with van der Waals surface area (Å²) in [6, 6.07) is 8.15. The molecule has 0 aliphatic rings. The highest BCUT2D eigenvalue weighted by atomic mass is 79.9. The van der Waals surface area contributed by atoms with Gasteiger partial charge in [-0.3, -0.25) is 0 Å². The smallest absolute Gasteiger partial charge is 0.0851 e. The normalized spacial score (nSPS) is 10.3. The lowest BCUT2D eigenvalue weighted by molar-refractivity contribution is 1.37. The van der Waals surface area contributed by atoms with Gasteiger partial charge in [-0.25, -0.2) is 4.98 Å².